The standard InChI is InChI=1S/C12H18N2O4S2/c1-8-11(20(13,16)17)7-10(19-8)12(15)14(5-6-18-2)9-3-4-9/h7,9H,3-6H2,1-2H3,(H2,13,16,17). The third-order valence-electron chi connectivity index (χ3n) is 3.17. The Bertz CT molecular complexity index is 605. The molecule has 1 heterocycles. The van der Waals surface area contributed by atoms with Crippen LogP contribution in [0.15, 0.2) is 11.0 Å². The van der Waals surface area contributed by atoms with Gasteiger partial charge in [0.1, 0.15) is 0 Å². The molecular weight excluding hydrogens is 300 g/mol. The Kier molecular flexibility index (Phi) is 4.48. The van der Waals surface area contributed by atoms with Crippen molar-refractivity contribution in [1.82, 2.24) is 4.90 Å². The molecule has 0 saturated heterocycles. The zero-order chi connectivity index (χ0) is 14.9. The molecule has 0 spiro atoms. The normalized spacial score (nSPS) is 15.3. The summed E-state index contributed by atoms with van der Waals surface area (Å²) in [7, 11) is -2.19. The lowest BCUT2D eigenvalue weighted by atomic mass is 10.3. The Morgan fingerprint density at radius 1 is 1.55 bits per heavy atom. The quantitative estimate of drug-likeness (QED) is 0.846. The van der Waals surface area contributed by atoms with E-state index in [1.54, 1.807) is 18.9 Å². The monoisotopic (exact) mass is 318 g/mol. The van der Waals surface area contributed by atoms with Crippen LogP contribution in [0.4, 0.5) is 0 Å². The van der Waals surface area contributed by atoms with Gasteiger partial charge in [0, 0.05) is 24.6 Å². The van der Waals surface area contributed by atoms with Crippen LogP contribution in [0, 0.1) is 6.92 Å². The van der Waals surface area contributed by atoms with Gasteiger partial charge in [-0.05, 0) is 25.8 Å². The van der Waals surface area contributed by atoms with Gasteiger partial charge in [0.25, 0.3) is 5.91 Å². The third kappa shape index (κ3) is 3.38. The summed E-state index contributed by atoms with van der Waals surface area (Å²) in [5.74, 6) is -0.146. The number of nitrogens with zero attached hydrogens (tertiary/aromatic N) is 1. The Morgan fingerprint density at radius 2 is 2.20 bits per heavy atom. The van der Waals surface area contributed by atoms with Gasteiger partial charge in [-0.2, -0.15) is 0 Å². The van der Waals surface area contributed by atoms with Crippen LogP contribution in [-0.4, -0.2) is 45.5 Å². The minimum atomic E-state index is -3.78. The van der Waals surface area contributed by atoms with Crippen molar-refractivity contribution in [2.75, 3.05) is 20.3 Å². The van der Waals surface area contributed by atoms with E-state index in [4.69, 9.17) is 9.88 Å². The van der Waals surface area contributed by atoms with Crippen LogP contribution in [0.2, 0.25) is 0 Å². The number of aryl methyl sites for hydroxylation is 1. The van der Waals surface area contributed by atoms with Gasteiger partial charge in [-0.1, -0.05) is 0 Å². The summed E-state index contributed by atoms with van der Waals surface area (Å²) in [6, 6.07) is 1.62. The molecular formula is C12H18N2O4S2. The van der Waals surface area contributed by atoms with Crippen molar-refractivity contribution < 1.29 is 17.9 Å². The molecule has 2 N–H and O–H groups in total. The SMILES string of the molecule is COCCN(C(=O)c1cc(S(N)(=O)=O)c(C)s1)C1CC1. The topological polar surface area (TPSA) is 89.7 Å². The van der Waals surface area contributed by atoms with E-state index in [0.717, 1.165) is 12.8 Å². The second-order valence-electron chi connectivity index (χ2n) is 4.80. The van der Waals surface area contributed by atoms with Crippen molar-refractivity contribution in [3.8, 4) is 0 Å². The summed E-state index contributed by atoms with van der Waals surface area (Å²) < 4.78 is 27.8. The fourth-order valence-corrected chi connectivity index (χ4v) is 4.12. The molecule has 0 atom stereocenters. The number of methoxy groups -OCH3 is 1. The Labute approximate surface area is 122 Å². The Balaban J connectivity index is 2.23. The number of nitrogens with two attached hydrogens (primary N) is 1. The fraction of sp³-hybridized carbons (Fsp3) is 0.583. The van der Waals surface area contributed by atoms with E-state index in [1.807, 2.05) is 0 Å². The largest absolute Gasteiger partial charge is 0.383 e. The number of amides is 1. The number of ether oxygens (including phenoxy) is 1. The molecule has 1 aliphatic rings. The van der Waals surface area contributed by atoms with E-state index >= 15 is 0 Å². The zero-order valence-electron chi connectivity index (χ0n) is 11.5. The van der Waals surface area contributed by atoms with Crippen LogP contribution < -0.4 is 5.14 Å². The second kappa shape index (κ2) is 5.80. The lowest BCUT2D eigenvalue weighted by Gasteiger charge is -2.21. The summed E-state index contributed by atoms with van der Waals surface area (Å²) in [5.41, 5.74) is 0. The highest BCUT2D eigenvalue weighted by Crippen LogP contribution is 2.31. The smallest absolute Gasteiger partial charge is 0.264 e. The van der Waals surface area contributed by atoms with Crippen molar-refractivity contribution in [3.05, 3.63) is 15.8 Å². The fourth-order valence-electron chi connectivity index (χ4n) is 2.02. The molecule has 1 aromatic rings. The van der Waals surface area contributed by atoms with Crippen LogP contribution in [0.3, 0.4) is 0 Å². The molecule has 1 saturated carbocycles. The van der Waals surface area contributed by atoms with Crippen molar-refractivity contribution in [2.45, 2.75) is 30.7 Å². The molecule has 8 heteroatoms. The van der Waals surface area contributed by atoms with Crippen LogP contribution in [0.5, 0.6) is 0 Å². The predicted molar refractivity (Wildman–Crippen MR) is 76.4 cm³/mol. The van der Waals surface area contributed by atoms with Crippen molar-refractivity contribution in [2.24, 2.45) is 5.14 Å². The lowest BCUT2D eigenvalue weighted by Crippen LogP contribution is -2.35. The number of primary sulfonamides is 1. The molecule has 1 fully saturated rings. The van der Waals surface area contributed by atoms with Gasteiger partial charge >= 0.3 is 0 Å². The van der Waals surface area contributed by atoms with Gasteiger partial charge in [-0.25, -0.2) is 13.6 Å². The molecule has 2 rings (SSSR count). The highest BCUT2D eigenvalue weighted by Gasteiger charge is 2.34. The van der Waals surface area contributed by atoms with E-state index in [1.165, 1.54) is 17.4 Å². The van der Waals surface area contributed by atoms with Gasteiger partial charge in [-0.15, -0.1) is 11.3 Å². The highest BCUT2D eigenvalue weighted by molar-refractivity contribution is 7.89. The first kappa shape index (κ1) is 15.4. The van der Waals surface area contributed by atoms with Crippen LogP contribution in [0.1, 0.15) is 27.4 Å². The maximum absolute atomic E-state index is 12.5. The summed E-state index contributed by atoms with van der Waals surface area (Å²) in [6.07, 6.45) is 1.98. The number of hydrogen-bond donors (Lipinski definition) is 1. The van der Waals surface area contributed by atoms with Crippen LogP contribution in [-0.2, 0) is 14.8 Å². The number of sulfonamides is 1. The van der Waals surface area contributed by atoms with E-state index in [0.29, 0.717) is 22.9 Å². The number of carbonyl (C=O) groups is 1. The molecule has 0 bridgehead atoms. The predicted octanol–water partition coefficient (Wildman–Crippen LogP) is 0.955. The highest BCUT2D eigenvalue weighted by atomic mass is 32.2. The minimum absolute atomic E-state index is 0.0355. The molecule has 1 aliphatic carbocycles. The Hall–Kier alpha value is -0.960. The molecule has 0 aromatic carbocycles. The molecule has 112 valence electrons. The molecule has 1 aromatic heterocycles. The van der Waals surface area contributed by atoms with Gasteiger partial charge in [0.05, 0.1) is 16.4 Å². The van der Waals surface area contributed by atoms with Crippen LogP contribution >= 0.6 is 11.3 Å². The van der Waals surface area contributed by atoms with Gasteiger partial charge in [0.15, 0.2) is 0 Å². The average Bonchev–Trinajstić information content (AvgIpc) is 3.10. The van der Waals surface area contributed by atoms with Crippen molar-refractivity contribution >= 4 is 27.3 Å². The molecule has 0 radical (unpaired) electrons. The molecule has 0 unspecified atom stereocenters. The second-order valence-corrected chi connectivity index (χ2v) is 7.58. The molecule has 20 heavy (non-hydrogen) atoms. The number of hydrogen-bond acceptors (Lipinski definition) is 5. The van der Waals surface area contributed by atoms with Gasteiger partial charge in [0.2, 0.25) is 10.0 Å². The summed E-state index contributed by atoms with van der Waals surface area (Å²) in [6.45, 7) is 2.63. The summed E-state index contributed by atoms with van der Waals surface area (Å²) >= 11 is 1.17. The molecule has 6 nitrogen and oxygen atoms in total. The van der Waals surface area contributed by atoms with Crippen LogP contribution in [0.25, 0.3) is 0 Å². The lowest BCUT2D eigenvalue weighted by molar-refractivity contribution is 0.0685. The van der Waals surface area contributed by atoms with E-state index in [9.17, 15) is 13.2 Å². The summed E-state index contributed by atoms with van der Waals surface area (Å²) in [5, 5.41) is 5.13. The first-order valence-corrected chi connectivity index (χ1v) is 8.64. The average molecular weight is 318 g/mol. The van der Waals surface area contributed by atoms with Gasteiger partial charge in [-0.3, -0.25) is 4.79 Å². The van der Waals surface area contributed by atoms with E-state index in [-0.39, 0.29) is 16.8 Å². The molecule has 1 amide bonds. The zero-order valence-corrected chi connectivity index (χ0v) is 13.1. The van der Waals surface area contributed by atoms with E-state index < -0.39 is 10.0 Å². The first-order valence-electron chi connectivity index (χ1n) is 6.27. The summed E-state index contributed by atoms with van der Waals surface area (Å²) in [4.78, 5) is 15.2. The molecule has 0 aliphatic heterocycles. The van der Waals surface area contributed by atoms with Crippen molar-refractivity contribution in [1.29, 1.82) is 0 Å². The maximum atomic E-state index is 12.5. The number of thiophene rings is 1. The van der Waals surface area contributed by atoms with Crippen molar-refractivity contribution in [3.63, 3.8) is 0 Å². The Morgan fingerprint density at radius 3 is 2.65 bits per heavy atom. The minimum Gasteiger partial charge on any atom is -0.383 e. The maximum Gasteiger partial charge on any atom is 0.264 e. The van der Waals surface area contributed by atoms with E-state index in [2.05, 4.69) is 0 Å². The number of rotatable bonds is 6. The third-order valence-corrected chi connectivity index (χ3v) is 5.38. The number of carbonyl (C=O) groups excluding carboxylic acids is 1. The van der Waals surface area contributed by atoms with Gasteiger partial charge < -0.3 is 9.64 Å². The first-order chi connectivity index (χ1) is 9.34.